The molecule has 0 atom stereocenters. The molecule has 0 saturated carbocycles. The Labute approximate surface area is 76.9 Å². The summed E-state index contributed by atoms with van der Waals surface area (Å²) in [4.78, 5) is 1.48. The van der Waals surface area contributed by atoms with Crippen LogP contribution in [0.1, 0.15) is 26.7 Å². The average molecular weight is 178 g/mol. The molecule has 0 aliphatic rings. The van der Waals surface area contributed by atoms with Crippen molar-refractivity contribution in [3.63, 3.8) is 0 Å². The number of rotatable bonds is 4. The van der Waals surface area contributed by atoms with Gasteiger partial charge in [0, 0.05) is 12.8 Å². The van der Waals surface area contributed by atoms with Crippen LogP contribution in [0.2, 0.25) is 0 Å². The molecule has 0 rings (SSSR count). The van der Waals surface area contributed by atoms with Gasteiger partial charge in [-0.2, -0.15) is 0 Å². The van der Waals surface area contributed by atoms with Gasteiger partial charge in [0.2, 0.25) is 0 Å². The zero-order valence-corrected chi connectivity index (χ0v) is 8.83. The van der Waals surface area contributed by atoms with Gasteiger partial charge in [0.15, 0.2) is 0 Å². The molecule has 0 bridgehead atoms. The highest BCUT2D eigenvalue weighted by Gasteiger charge is 2.28. The van der Waals surface area contributed by atoms with Gasteiger partial charge < -0.3 is 17.3 Å². The summed E-state index contributed by atoms with van der Waals surface area (Å²) >= 11 is 0. The Hall–Kier alpha value is -0.0100. The van der Waals surface area contributed by atoms with Gasteiger partial charge in [-0.3, -0.25) is 0 Å². The molecule has 2 heteroatoms. The second-order valence-corrected chi connectivity index (χ2v) is 3.07. The summed E-state index contributed by atoms with van der Waals surface area (Å²) in [5.74, 6) is 0. The zero-order valence-electron chi connectivity index (χ0n) is 8.08. The van der Waals surface area contributed by atoms with E-state index in [9.17, 15) is 0 Å². The summed E-state index contributed by atoms with van der Waals surface area (Å²) in [5, 5.41) is 0. The molecule has 0 unspecified atom stereocenters. The Balaban J connectivity index is 0. The molecule has 0 aromatic carbocycles. The molecule has 68 valence electrons. The van der Waals surface area contributed by atoms with Crippen molar-refractivity contribution in [1.82, 2.24) is 0 Å². The minimum atomic E-state index is 0. The van der Waals surface area contributed by atoms with E-state index in [1.165, 1.54) is 17.7 Å². The van der Waals surface area contributed by atoms with Crippen LogP contribution in [0.4, 0.5) is 0 Å². The van der Waals surface area contributed by atoms with Gasteiger partial charge in [-0.05, 0) is 6.08 Å². The maximum absolute atomic E-state index is 3.88. The Kier molecular flexibility index (Phi) is 6.93. The molecule has 0 saturated heterocycles. The number of halogens is 1. The van der Waals surface area contributed by atoms with Crippen molar-refractivity contribution in [3.8, 4) is 0 Å². The molecule has 11 heavy (non-hydrogen) atoms. The van der Waals surface area contributed by atoms with Gasteiger partial charge in [0.05, 0.1) is 14.1 Å². The van der Waals surface area contributed by atoms with E-state index in [0.29, 0.717) is 5.54 Å². The summed E-state index contributed by atoms with van der Waals surface area (Å²) in [6.45, 7) is 8.32. The van der Waals surface area contributed by atoms with E-state index in [1.54, 1.807) is 0 Å². The summed E-state index contributed by atoms with van der Waals surface area (Å²) in [6, 6.07) is 0. The zero-order chi connectivity index (χ0) is 8.20. The van der Waals surface area contributed by atoms with E-state index in [1.807, 2.05) is 0 Å². The third-order valence-electron chi connectivity index (χ3n) is 2.65. The largest absolute Gasteiger partial charge is 1.00 e. The fourth-order valence-corrected chi connectivity index (χ4v) is 1.45. The van der Waals surface area contributed by atoms with Crippen LogP contribution in [0.3, 0.4) is 0 Å². The van der Waals surface area contributed by atoms with E-state index in [0.717, 1.165) is 0 Å². The smallest absolute Gasteiger partial charge is 0.115 e. The van der Waals surface area contributed by atoms with E-state index < -0.39 is 0 Å². The number of hydrogen-bond donors (Lipinski definition) is 1. The Morgan fingerprint density at radius 3 is 1.64 bits per heavy atom. The summed E-state index contributed by atoms with van der Waals surface area (Å²) in [6.07, 6.45) is 4.44. The van der Waals surface area contributed by atoms with Crippen LogP contribution in [-0.2, 0) is 0 Å². The first-order chi connectivity index (χ1) is 4.63. The van der Waals surface area contributed by atoms with Crippen molar-refractivity contribution in [2.75, 3.05) is 14.1 Å². The highest BCUT2D eigenvalue weighted by molar-refractivity contribution is 4.93. The van der Waals surface area contributed by atoms with Crippen molar-refractivity contribution in [1.29, 1.82) is 0 Å². The second kappa shape index (κ2) is 5.62. The van der Waals surface area contributed by atoms with Gasteiger partial charge in [0.25, 0.3) is 0 Å². The summed E-state index contributed by atoms with van der Waals surface area (Å²) < 4.78 is 0. The average Bonchev–Trinajstić information content (AvgIpc) is 1.92. The van der Waals surface area contributed by atoms with E-state index in [4.69, 9.17) is 0 Å². The third-order valence-corrected chi connectivity index (χ3v) is 2.65. The lowest BCUT2D eigenvalue weighted by Crippen LogP contribution is -3.14. The fourth-order valence-electron chi connectivity index (χ4n) is 1.45. The normalized spacial score (nSPS) is 11.0. The minimum absolute atomic E-state index is 0. The fraction of sp³-hybridized carbons (Fsp3) is 0.778. The molecular weight excluding hydrogens is 158 g/mol. The number of hydrogen-bond acceptors (Lipinski definition) is 0. The monoisotopic (exact) mass is 177 g/mol. The van der Waals surface area contributed by atoms with Crippen LogP contribution in [0.15, 0.2) is 12.7 Å². The van der Waals surface area contributed by atoms with Crippen LogP contribution in [0.25, 0.3) is 0 Å². The lowest BCUT2D eigenvalue weighted by molar-refractivity contribution is -0.907. The van der Waals surface area contributed by atoms with Crippen molar-refractivity contribution in [2.45, 2.75) is 32.2 Å². The van der Waals surface area contributed by atoms with Gasteiger partial charge in [-0.25, -0.2) is 0 Å². The lowest BCUT2D eigenvalue weighted by atomic mass is 9.92. The molecule has 0 aromatic heterocycles. The molecule has 1 N–H and O–H groups in total. The molecule has 0 fully saturated rings. The number of nitrogens with one attached hydrogen (secondary N) is 1. The molecule has 0 amide bonds. The second-order valence-electron chi connectivity index (χ2n) is 3.07. The number of quaternary nitrogens is 1. The van der Waals surface area contributed by atoms with Gasteiger partial charge in [-0.1, -0.05) is 20.4 Å². The van der Waals surface area contributed by atoms with Crippen LogP contribution in [0.5, 0.6) is 0 Å². The topological polar surface area (TPSA) is 4.44 Å². The molecule has 0 radical (unpaired) electrons. The first-order valence-electron chi connectivity index (χ1n) is 4.07. The van der Waals surface area contributed by atoms with Crippen LogP contribution in [-0.4, -0.2) is 19.6 Å². The first-order valence-corrected chi connectivity index (χ1v) is 4.07. The van der Waals surface area contributed by atoms with Crippen molar-refractivity contribution in [3.05, 3.63) is 12.7 Å². The van der Waals surface area contributed by atoms with E-state index in [-0.39, 0.29) is 12.4 Å². The van der Waals surface area contributed by atoms with Gasteiger partial charge >= 0.3 is 0 Å². The molecule has 0 aromatic rings. The molecule has 0 aliphatic carbocycles. The predicted octanol–water partition coefficient (Wildman–Crippen LogP) is -2.12. The summed E-state index contributed by atoms with van der Waals surface area (Å²) in [7, 11) is 4.38. The van der Waals surface area contributed by atoms with Gasteiger partial charge in [-0.15, -0.1) is 0 Å². The highest BCUT2D eigenvalue weighted by Crippen LogP contribution is 2.10. The SMILES string of the molecule is C=CC(CC)(CC)[NH+](C)C.[Cl-]. The van der Waals surface area contributed by atoms with Crippen LogP contribution >= 0.6 is 0 Å². The molecular formula is C9H20ClN. The maximum atomic E-state index is 3.88. The maximum Gasteiger partial charge on any atom is 0.115 e. The molecule has 0 spiro atoms. The molecule has 0 heterocycles. The van der Waals surface area contributed by atoms with Gasteiger partial charge in [0.1, 0.15) is 5.54 Å². The number of likely N-dealkylation sites (N-methyl/N-ethyl adjacent to an activating group) is 1. The summed E-state index contributed by atoms with van der Waals surface area (Å²) in [5.41, 5.74) is 0.306. The van der Waals surface area contributed by atoms with Crippen LogP contribution < -0.4 is 17.3 Å². The third kappa shape index (κ3) is 2.84. The minimum Gasteiger partial charge on any atom is -1.00 e. The van der Waals surface area contributed by atoms with Crippen molar-refractivity contribution in [2.24, 2.45) is 0 Å². The van der Waals surface area contributed by atoms with E-state index in [2.05, 4.69) is 40.6 Å². The van der Waals surface area contributed by atoms with Crippen molar-refractivity contribution < 1.29 is 17.3 Å². The Morgan fingerprint density at radius 2 is 1.64 bits per heavy atom. The molecule has 0 aliphatic heterocycles. The highest BCUT2D eigenvalue weighted by atomic mass is 35.5. The quantitative estimate of drug-likeness (QED) is 0.469. The van der Waals surface area contributed by atoms with E-state index >= 15 is 0 Å². The first kappa shape index (κ1) is 13.6. The standard InChI is InChI=1S/C9H19N.ClH/c1-6-9(7-2,8-3)10(4)5;/h6H,1,7-8H2,2-5H3;1H. The Morgan fingerprint density at radius 1 is 1.27 bits per heavy atom. The Bertz CT molecular complexity index is 106. The van der Waals surface area contributed by atoms with Crippen molar-refractivity contribution >= 4 is 0 Å². The predicted molar refractivity (Wildman–Crippen MR) is 46.3 cm³/mol. The lowest BCUT2D eigenvalue weighted by Gasteiger charge is -2.31. The van der Waals surface area contributed by atoms with Crippen LogP contribution in [0, 0.1) is 0 Å². The molecule has 1 nitrogen and oxygen atoms in total.